The van der Waals surface area contributed by atoms with Crippen LogP contribution in [0.2, 0.25) is 0 Å². The number of carbonyl (C=O) groups excluding carboxylic acids is 1. The number of carbonyl (C=O) groups is 1. The minimum atomic E-state index is 0.0795. The summed E-state index contributed by atoms with van der Waals surface area (Å²) < 4.78 is 2.31. The van der Waals surface area contributed by atoms with Gasteiger partial charge in [-0.3, -0.25) is 4.79 Å². The molecule has 1 aliphatic carbocycles. The topological polar surface area (TPSA) is 46.9 Å². The highest BCUT2D eigenvalue weighted by atomic mass is 16.1. The van der Waals surface area contributed by atoms with Gasteiger partial charge < -0.3 is 9.88 Å². The number of hydrogen-bond donors (Lipinski definition) is 1. The number of imidazole rings is 1. The van der Waals surface area contributed by atoms with Crippen LogP contribution in [0.15, 0.2) is 24.3 Å². The molecular weight excluding hydrogens is 286 g/mol. The monoisotopic (exact) mass is 313 g/mol. The van der Waals surface area contributed by atoms with Gasteiger partial charge in [-0.25, -0.2) is 4.98 Å². The molecule has 1 saturated carbocycles. The Labute approximate surface area is 138 Å². The van der Waals surface area contributed by atoms with Crippen LogP contribution in [0.1, 0.15) is 57.7 Å². The van der Waals surface area contributed by atoms with E-state index in [1.54, 1.807) is 0 Å². The van der Waals surface area contributed by atoms with Gasteiger partial charge in [0.15, 0.2) is 0 Å². The van der Waals surface area contributed by atoms with Gasteiger partial charge >= 0.3 is 0 Å². The fourth-order valence-corrected chi connectivity index (χ4v) is 3.60. The molecule has 1 amide bonds. The van der Waals surface area contributed by atoms with Gasteiger partial charge in [0.25, 0.3) is 0 Å². The standard InChI is InChI=1S/C19H27N3O/c1-2-19(23)20-14-18-21-16-10-6-7-11-17(16)22(18)13-12-15-8-4-3-5-9-15/h6-7,10-11,15H,2-5,8-9,12-14H2,1H3,(H,20,23). The molecule has 0 aliphatic heterocycles. The SMILES string of the molecule is CCC(=O)NCc1nc2ccccc2n1CCC1CCCCC1. The Morgan fingerprint density at radius 3 is 2.83 bits per heavy atom. The van der Waals surface area contributed by atoms with Gasteiger partial charge in [-0.15, -0.1) is 0 Å². The second-order valence-electron chi connectivity index (χ2n) is 6.59. The Balaban J connectivity index is 1.76. The summed E-state index contributed by atoms with van der Waals surface area (Å²) in [6.45, 7) is 3.40. The van der Waals surface area contributed by atoms with E-state index in [1.165, 1.54) is 44.0 Å². The predicted molar refractivity (Wildman–Crippen MR) is 93.1 cm³/mol. The number of rotatable bonds is 6. The Morgan fingerprint density at radius 2 is 2.04 bits per heavy atom. The van der Waals surface area contributed by atoms with Crippen LogP contribution in [0.3, 0.4) is 0 Å². The van der Waals surface area contributed by atoms with E-state index >= 15 is 0 Å². The first-order chi connectivity index (χ1) is 11.3. The molecule has 1 N–H and O–H groups in total. The summed E-state index contributed by atoms with van der Waals surface area (Å²) in [5.41, 5.74) is 2.21. The smallest absolute Gasteiger partial charge is 0.220 e. The minimum Gasteiger partial charge on any atom is -0.349 e. The third-order valence-electron chi connectivity index (χ3n) is 4.98. The third-order valence-corrected chi connectivity index (χ3v) is 4.98. The molecular formula is C19H27N3O. The van der Waals surface area contributed by atoms with Crippen LogP contribution in [-0.2, 0) is 17.9 Å². The van der Waals surface area contributed by atoms with E-state index < -0.39 is 0 Å². The van der Waals surface area contributed by atoms with E-state index in [-0.39, 0.29) is 5.91 Å². The number of nitrogens with one attached hydrogen (secondary N) is 1. The Bertz CT molecular complexity index is 656. The van der Waals surface area contributed by atoms with E-state index in [1.807, 2.05) is 13.0 Å². The van der Waals surface area contributed by atoms with Crippen LogP contribution in [0.4, 0.5) is 0 Å². The summed E-state index contributed by atoms with van der Waals surface area (Å²) in [6, 6.07) is 8.27. The van der Waals surface area contributed by atoms with Crippen LogP contribution >= 0.6 is 0 Å². The number of aryl methyl sites for hydroxylation is 1. The molecule has 1 fully saturated rings. The highest BCUT2D eigenvalue weighted by Crippen LogP contribution is 2.27. The summed E-state index contributed by atoms with van der Waals surface area (Å²) in [4.78, 5) is 16.3. The number of fused-ring (bicyclic) bond motifs is 1. The Morgan fingerprint density at radius 1 is 1.26 bits per heavy atom. The zero-order valence-electron chi connectivity index (χ0n) is 14.1. The molecule has 1 heterocycles. The summed E-state index contributed by atoms with van der Waals surface area (Å²) >= 11 is 0. The van der Waals surface area contributed by atoms with Gasteiger partial charge in [0, 0.05) is 13.0 Å². The van der Waals surface area contributed by atoms with Crippen molar-refractivity contribution in [3.8, 4) is 0 Å². The van der Waals surface area contributed by atoms with Crippen LogP contribution in [0.25, 0.3) is 11.0 Å². The average molecular weight is 313 g/mol. The summed E-state index contributed by atoms with van der Waals surface area (Å²) in [5, 5.41) is 2.97. The first kappa shape index (κ1) is 16.0. The maximum atomic E-state index is 11.6. The molecule has 4 heteroatoms. The first-order valence-corrected chi connectivity index (χ1v) is 8.98. The van der Waals surface area contributed by atoms with Crippen molar-refractivity contribution < 1.29 is 4.79 Å². The molecule has 0 spiro atoms. The molecule has 1 aromatic heterocycles. The highest BCUT2D eigenvalue weighted by molar-refractivity contribution is 5.77. The minimum absolute atomic E-state index is 0.0795. The molecule has 0 bridgehead atoms. The molecule has 2 aromatic rings. The molecule has 3 rings (SSSR count). The molecule has 0 atom stereocenters. The van der Waals surface area contributed by atoms with Gasteiger partial charge in [-0.2, -0.15) is 0 Å². The zero-order valence-corrected chi connectivity index (χ0v) is 14.1. The third kappa shape index (κ3) is 3.92. The van der Waals surface area contributed by atoms with Gasteiger partial charge in [-0.05, 0) is 24.5 Å². The summed E-state index contributed by atoms with van der Waals surface area (Å²) in [7, 11) is 0. The summed E-state index contributed by atoms with van der Waals surface area (Å²) in [6.07, 6.45) is 8.64. The normalized spacial score (nSPS) is 15.9. The number of hydrogen-bond acceptors (Lipinski definition) is 2. The number of amides is 1. The lowest BCUT2D eigenvalue weighted by Gasteiger charge is -2.22. The van der Waals surface area contributed by atoms with Crippen molar-refractivity contribution in [2.24, 2.45) is 5.92 Å². The van der Waals surface area contributed by atoms with Crippen LogP contribution in [0, 0.1) is 5.92 Å². The van der Waals surface area contributed by atoms with E-state index in [4.69, 9.17) is 4.98 Å². The van der Waals surface area contributed by atoms with Gasteiger partial charge in [-0.1, -0.05) is 51.2 Å². The highest BCUT2D eigenvalue weighted by Gasteiger charge is 2.16. The van der Waals surface area contributed by atoms with Crippen LogP contribution in [0.5, 0.6) is 0 Å². The molecule has 124 valence electrons. The van der Waals surface area contributed by atoms with E-state index in [0.29, 0.717) is 13.0 Å². The van der Waals surface area contributed by atoms with Crippen molar-refractivity contribution in [3.63, 3.8) is 0 Å². The molecule has 0 unspecified atom stereocenters. The quantitative estimate of drug-likeness (QED) is 0.875. The van der Waals surface area contributed by atoms with Crippen molar-refractivity contribution in [2.75, 3.05) is 0 Å². The Hall–Kier alpha value is -1.84. The average Bonchev–Trinajstić information content (AvgIpc) is 2.96. The number of benzene rings is 1. The first-order valence-electron chi connectivity index (χ1n) is 8.98. The Kier molecular flexibility index (Phi) is 5.31. The molecule has 4 nitrogen and oxygen atoms in total. The molecule has 1 aromatic carbocycles. The second kappa shape index (κ2) is 7.62. The maximum Gasteiger partial charge on any atom is 0.220 e. The van der Waals surface area contributed by atoms with Crippen molar-refractivity contribution in [2.45, 2.75) is 65.0 Å². The molecule has 23 heavy (non-hydrogen) atoms. The number of para-hydroxylation sites is 2. The lowest BCUT2D eigenvalue weighted by atomic mass is 9.87. The van der Waals surface area contributed by atoms with Gasteiger partial charge in [0.2, 0.25) is 5.91 Å². The fourth-order valence-electron chi connectivity index (χ4n) is 3.60. The summed E-state index contributed by atoms with van der Waals surface area (Å²) in [5.74, 6) is 1.91. The predicted octanol–water partition coefficient (Wildman–Crippen LogP) is 4.03. The molecule has 0 saturated heterocycles. The fraction of sp³-hybridized carbons (Fsp3) is 0.579. The zero-order chi connectivity index (χ0) is 16.1. The molecule has 1 aliphatic rings. The van der Waals surface area contributed by atoms with Gasteiger partial charge in [0.1, 0.15) is 5.82 Å². The number of aromatic nitrogens is 2. The second-order valence-corrected chi connectivity index (χ2v) is 6.59. The maximum absolute atomic E-state index is 11.6. The lowest BCUT2D eigenvalue weighted by molar-refractivity contribution is -0.120. The number of nitrogens with zero attached hydrogens (tertiary/aromatic N) is 2. The van der Waals surface area contributed by atoms with E-state index in [2.05, 4.69) is 28.1 Å². The van der Waals surface area contributed by atoms with Crippen LogP contribution < -0.4 is 5.32 Å². The van der Waals surface area contributed by atoms with Crippen molar-refractivity contribution in [3.05, 3.63) is 30.1 Å². The van der Waals surface area contributed by atoms with Crippen molar-refractivity contribution >= 4 is 16.9 Å². The molecule has 0 radical (unpaired) electrons. The lowest BCUT2D eigenvalue weighted by Crippen LogP contribution is -2.24. The van der Waals surface area contributed by atoms with Crippen molar-refractivity contribution in [1.29, 1.82) is 0 Å². The van der Waals surface area contributed by atoms with Crippen LogP contribution in [-0.4, -0.2) is 15.5 Å². The van der Waals surface area contributed by atoms with Crippen molar-refractivity contribution in [1.82, 2.24) is 14.9 Å². The van der Waals surface area contributed by atoms with E-state index in [9.17, 15) is 4.79 Å². The van der Waals surface area contributed by atoms with E-state index in [0.717, 1.165) is 23.8 Å². The largest absolute Gasteiger partial charge is 0.349 e. The van der Waals surface area contributed by atoms with Gasteiger partial charge in [0.05, 0.1) is 17.6 Å².